The van der Waals surface area contributed by atoms with Gasteiger partial charge in [-0.3, -0.25) is 4.79 Å². The van der Waals surface area contributed by atoms with Crippen LogP contribution in [0.5, 0.6) is 0 Å². The van der Waals surface area contributed by atoms with Crippen molar-refractivity contribution < 1.29 is 9.90 Å². The molecule has 1 aromatic rings. The zero-order chi connectivity index (χ0) is 15.1. The van der Waals surface area contributed by atoms with E-state index < -0.39 is 0 Å². The van der Waals surface area contributed by atoms with E-state index in [1.165, 1.54) is 0 Å². The number of rotatable bonds is 7. The number of carbonyl (C=O) groups is 1. The van der Waals surface area contributed by atoms with Crippen molar-refractivity contribution in [2.75, 3.05) is 6.54 Å². The van der Waals surface area contributed by atoms with Crippen LogP contribution in [0, 0.1) is 11.8 Å². The summed E-state index contributed by atoms with van der Waals surface area (Å²) in [5, 5.41) is 12.9. The van der Waals surface area contributed by atoms with Crippen molar-refractivity contribution in [1.82, 2.24) is 5.32 Å². The van der Waals surface area contributed by atoms with Gasteiger partial charge in [0, 0.05) is 17.5 Å². The van der Waals surface area contributed by atoms with Crippen molar-refractivity contribution in [2.24, 2.45) is 11.8 Å². The Morgan fingerprint density at radius 3 is 2.65 bits per heavy atom. The van der Waals surface area contributed by atoms with Crippen LogP contribution < -0.4 is 5.32 Å². The molecule has 4 heteroatoms. The van der Waals surface area contributed by atoms with Gasteiger partial charge in [0.25, 0.3) is 0 Å². The molecule has 0 saturated carbocycles. The quantitative estimate of drug-likeness (QED) is 0.813. The molecule has 112 valence electrons. The Morgan fingerprint density at radius 2 is 2.05 bits per heavy atom. The van der Waals surface area contributed by atoms with Crippen LogP contribution in [-0.4, -0.2) is 23.7 Å². The summed E-state index contributed by atoms with van der Waals surface area (Å²) in [6.45, 7) is 6.30. The van der Waals surface area contributed by atoms with Crippen molar-refractivity contribution in [2.45, 2.75) is 39.7 Å². The van der Waals surface area contributed by atoms with Crippen LogP contribution in [-0.2, 0) is 11.2 Å². The average Bonchev–Trinajstić information content (AvgIpc) is 2.35. The highest BCUT2D eigenvalue weighted by molar-refractivity contribution is 6.30. The first-order chi connectivity index (χ1) is 9.38. The van der Waals surface area contributed by atoms with Gasteiger partial charge in [0.1, 0.15) is 0 Å². The summed E-state index contributed by atoms with van der Waals surface area (Å²) < 4.78 is 0. The highest BCUT2D eigenvalue weighted by Crippen LogP contribution is 2.14. The minimum Gasteiger partial charge on any atom is -0.393 e. The molecule has 0 spiro atoms. The lowest BCUT2D eigenvalue weighted by Crippen LogP contribution is -2.34. The molecule has 3 atom stereocenters. The summed E-state index contributed by atoms with van der Waals surface area (Å²) >= 11 is 5.93. The van der Waals surface area contributed by atoms with Gasteiger partial charge >= 0.3 is 0 Å². The molecule has 0 bridgehead atoms. The van der Waals surface area contributed by atoms with Crippen LogP contribution in [0.3, 0.4) is 0 Å². The van der Waals surface area contributed by atoms with E-state index in [2.05, 4.69) is 5.32 Å². The number of nitrogens with one attached hydrogen (secondary N) is 1. The normalized spacial score (nSPS) is 15.4. The van der Waals surface area contributed by atoms with Gasteiger partial charge in [0.05, 0.1) is 6.10 Å². The van der Waals surface area contributed by atoms with Crippen LogP contribution in [0.15, 0.2) is 24.3 Å². The van der Waals surface area contributed by atoms with E-state index in [1.54, 1.807) is 6.92 Å². The molecular weight excluding hydrogens is 274 g/mol. The molecule has 0 radical (unpaired) electrons. The van der Waals surface area contributed by atoms with Gasteiger partial charge in [-0.2, -0.15) is 0 Å². The van der Waals surface area contributed by atoms with Gasteiger partial charge < -0.3 is 10.4 Å². The Kier molecular flexibility index (Phi) is 7.03. The molecule has 0 saturated heterocycles. The summed E-state index contributed by atoms with van der Waals surface area (Å²) in [5.74, 6) is 0.229. The first-order valence-electron chi connectivity index (χ1n) is 7.08. The smallest absolute Gasteiger partial charge is 0.223 e. The minimum absolute atomic E-state index is 0.0439. The van der Waals surface area contributed by atoms with Crippen LogP contribution in [0.25, 0.3) is 0 Å². The van der Waals surface area contributed by atoms with Crippen molar-refractivity contribution >= 4 is 17.5 Å². The van der Waals surface area contributed by atoms with Gasteiger partial charge in [0.15, 0.2) is 0 Å². The molecule has 3 nitrogen and oxygen atoms in total. The van der Waals surface area contributed by atoms with E-state index in [4.69, 9.17) is 11.6 Å². The molecular formula is C16H24ClNO2. The Bertz CT molecular complexity index is 434. The Labute approximate surface area is 126 Å². The third kappa shape index (κ3) is 6.40. The SMILES string of the molecule is CC(O)CC(C)CNC(=O)C(C)Cc1cccc(Cl)c1. The van der Waals surface area contributed by atoms with Crippen LogP contribution in [0.1, 0.15) is 32.8 Å². The minimum atomic E-state index is -0.328. The lowest BCUT2D eigenvalue weighted by molar-refractivity contribution is -0.124. The van der Waals surface area contributed by atoms with Crippen LogP contribution >= 0.6 is 11.6 Å². The molecule has 0 aromatic heterocycles. The summed E-state index contributed by atoms with van der Waals surface area (Å²) in [6, 6.07) is 7.59. The third-order valence-corrected chi connectivity index (χ3v) is 3.48. The van der Waals surface area contributed by atoms with E-state index in [-0.39, 0.29) is 23.8 Å². The van der Waals surface area contributed by atoms with Crippen LogP contribution in [0.2, 0.25) is 5.02 Å². The Balaban J connectivity index is 2.39. The van der Waals surface area contributed by atoms with Crippen molar-refractivity contribution in [3.05, 3.63) is 34.9 Å². The summed E-state index contributed by atoms with van der Waals surface area (Å²) in [6.07, 6.45) is 1.05. The van der Waals surface area contributed by atoms with E-state index in [9.17, 15) is 9.90 Å². The van der Waals surface area contributed by atoms with Crippen LogP contribution in [0.4, 0.5) is 0 Å². The Hall–Kier alpha value is -1.06. The second-order valence-corrected chi connectivity index (χ2v) is 6.11. The van der Waals surface area contributed by atoms with E-state index >= 15 is 0 Å². The first kappa shape index (κ1) is 17.0. The van der Waals surface area contributed by atoms with E-state index in [0.717, 1.165) is 5.56 Å². The lowest BCUT2D eigenvalue weighted by Gasteiger charge is -2.17. The highest BCUT2D eigenvalue weighted by atomic mass is 35.5. The molecule has 1 aromatic carbocycles. The van der Waals surface area contributed by atoms with E-state index in [1.807, 2.05) is 38.1 Å². The number of aliphatic hydroxyl groups excluding tert-OH is 1. The summed E-state index contributed by atoms with van der Waals surface area (Å²) in [4.78, 5) is 12.0. The summed E-state index contributed by atoms with van der Waals surface area (Å²) in [5.41, 5.74) is 1.07. The molecule has 0 heterocycles. The predicted molar refractivity (Wildman–Crippen MR) is 82.8 cm³/mol. The fourth-order valence-corrected chi connectivity index (χ4v) is 2.44. The van der Waals surface area contributed by atoms with Gasteiger partial charge in [0.2, 0.25) is 5.91 Å². The van der Waals surface area contributed by atoms with Crippen molar-refractivity contribution in [3.63, 3.8) is 0 Å². The van der Waals surface area contributed by atoms with Gasteiger partial charge in [-0.05, 0) is 43.4 Å². The fraction of sp³-hybridized carbons (Fsp3) is 0.562. The predicted octanol–water partition coefficient (Wildman–Crippen LogP) is 3.04. The maximum absolute atomic E-state index is 12.0. The molecule has 0 aliphatic heterocycles. The second-order valence-electron chi connectivity index (χ2n) is 5.67. The number of amides is 1. The van der Waals surface area contributed by atoms with Gasteiger partial charge in [-0.25, -0.2) is 0 Å². The molecule has 3 unspecified atom stereocenters. The maximum atomic E-state index is 12.0. The topological polar surface area (TPSA) is 49.3 Å². The van der Waals surface area contributed by atoms with E-state index in [0.29, 0.717) is 24.4 Å². The number of halogens is 1. The number of hydrogen-bond acceptors (Lipinski definition) is 2. The highest BCUT2D eigenvalue weighted by Gasteiger charge is 2.15. The monoisotopic (exact) mass is 297 g/mol. The molecule has 1 rings (SSSR count). The molecule has 0 aliphatic rings. The lowest BCUT2D eigenvalue weighted by atomic mass is 9.99. The number of benzene rings is 1. The zero-order valence-electron chi connectivity index (χ0n) is 12.4. The number of carbonyl (C=O) groups excluding carboxylic acids is 1. The number of hydrogen-bond donors (Lipinski definition) is 2. The Morgan fingerprint density at radius 1 is 1.35 bits per heavy atom. The third-order valence-electron chi connectivity index (χ3n) is 3.25. The van der Waals surface area contributed by atoms with Crippen molar-refractivity contribution in [1.29, 1.82) is 0 Å². The maximum Gasteiger partial charge on any atom is 0.223 e. The fourth-order valence-electron chi connectivity index (χ4n) is 2.22. The standard InChI is InChI=1S/C16H24ClNO2/c1-11(7-13(3)19)10-18-16(20)12(2)8-14-5-4-6-15(17)9-14/h4-6,9,11-13,19H,7-8,10H2,1-3H3,(H,18,20). The van der Waals surface area contributed by atoms with Gasteiger partial charge in [-0.1, -0.05) is 37.6 Å². The molecule has 2 N–H and O–H groups in total. The van der Waals surface area contributed by atoms with Gasteiger partial charge in [-0.15, -0.1) is 0 Å². The largest absolute Gasteiger partial charge is 0.393 e. The second kappa shape index (κ2) is 8.28. The average molecular weight is 298 g/mol. The number of aliphatic hydroxyl groups is 1. The first-order valence-corrected chi connectivity index (χ1v) is 7.46. The summed E-state index contributed by atoms with van der Waals surface area (Å²) in [7, 11) is 0. The molecule has 0 fully saturated rings. The molecule has 0 aliphatic carbocycles. The molecule has 20 heavy (non-hydrogen) atoms. The van der Waals surface area contributed by atoms with Crippen molar-refractivity contribution in [3.8, 4) is 0 Å². The molecule has 1 amide bonds. The zero-order valence-corrected chi connectivity index (χ0v) is 13.2.